The number of hydrogen-bond donors (Lipinski definition) is 2. The van der Waals surface area contributed by atoms with Crippen molar-refractivity contribution in [1.29, 1.82) is 0 Å². The SMILES string of the molecule is CC(NCc1ccc(F)c(F)c1)c1ccc(O)cc1F. The lowest BCUT2D eigenvalue weighted by atomic mass is 10.1. The molecule has 2 aromatic rings. The highest BCUT2D eigenvalue weighted by atomic mass is 19.2. The van der Waals surface area contributed by atoms with Gasteiger partial charge < -0.3 is 10.4 Å². The number of phenolic OH excluding ortho intramolecular Hbond substituents is 1. The van der Waals surface area contributed by atoms with Gasteiger partial charge in [-0.3, -0.25) is 0 Å². The van der Waals surface area contributed by atoms with Crippen LogP contribution in [0.15, 0.2) is 36.4 Å². The molecule has 106 valence electrons. The summed E-state index contributed by atoms with van der Waals surface area (Å²) in [6, 6.07) is 7.20. The summed E-state index contributed by atoms with van der Waals surface area (Å²) in [5, 5.41) is 12.2. The minimum atomic E-state index is -0.909. The number of benzene rings is 2. The molecule has 0 saturated heterocycles. The molecule has 0 aliphatic heterocycles. The lowest BCUT2D eigenvalue weighted by molar-refractivity contribution is 0.463. The number of aromatic hydroxyl groups is 1. The van der Waals surface area contributed by atoms with E-state index >= 15 is 0 Å². The van der Waals surface area contributed by atoms with Gasteiger partial charge in [0.25, 0.3) is 0 Å². The van der Waals surface area contributed by atoms with Crippen molar-refractivity contribution in [2.45, 2.75) is 19.5 Å². The highest BCUT2D eigenvalue weighted by molar-refractivity contribution is 5.29. The maximum Gasteiger partial charge on any atom is 0.159 e. The Kier molecular flexibility index (Phi) is 4.29. The van der Waals surface area contributed by atoms with Crippen LogP contribution in [0.3, 0.4) is 0 Å². The fourth-order valence-electron chi connectivity index (χ4n) is 1.90. The van der Waals surface area contributed by atoms with Crippen LogP contribution in [-0.4, -0.2) is 5.11 Å². The van der Waals surface area contributed by atoms with Crippen LogP contribution in [0.5, 0.6) is 5.75 Å². The zero-order valence-electron chi connectivity index (χ0n) is 10.8. The van der Waals surface area contributed by atoms with E-state index in [0.29, 0.717) is 11.1 Å². The van der Waals surface area contributed by atoms with E-state index in [0.717, 1.165) is 18.2 Å². The minimum Gasteiger partial charge on any atom is -0.508 e. The molecule has 0 aliphatic carbocycles. The lowest BCUT2D eigenvalue weighted by Gasteiger charge is -2.15. The molecule has 20 heavy (non-hydrogen) atoms. The van der Waals surface area contributed by atoms with Crippen molar-refractivity contribution in [1.82, 2.24) is 5.32 Å². The molecule has 2 N–H and O–H groups in total. The summed E-state index contributed by atoms with van der Waals surface area (Å²) in [6.07, 6.45) is 0. The second-order valence-corrected chi connectivity index (χ2v) is 4.56. The summed E-state index contributed by atoms with van der Waals surface area (Å²) < 4.78 is 39.5. The molecule has 5 heteroatoms. The number of nitrogens with one attached hydrogen (secondary N) is 1. The molecule has 2 aromatic carbocycles. The van der Waals surface area contributed by atoms with Crippen molar-refractivity contribution < 1.29 is 18.3 Å². The zero-order chi connectivity index (χ0) is 14.7. The van der Waals surface area contributed by atoms with Gasteiger partial charge in [0.15, 0.2) is 11.6 Å². The molecule has 0 aliphatic rings. The molecule has 0 spiro atoms. The van der Waals surface area contributed by atoms with E-state index in [4.69, 9.17) is 5.11 Å². The van der Waals surface area contributed by atoms with Gasteiger partial charge in [-0.05, 0) is 30.7 Å². The summed E-state index contributed by atoms with van der Waals surface area (Å²) in [5.74, 6) is -2.46. The van der Waals surface area contributed by atoms with Crippen molar-refractivity contribution in [3.63, 3.8) is 0 Å². The Labute approximate surface area is 114 Å². The third-order valence-corrected chi connectivity index (χ3v) is 3.05. The molecule has 2 nitrogen and oxygen atoms in total. The number of rotatable bonds is 4. The van der Waals surface area contributed by atoms with E-state index in [1.54, 1.807) is 6.92 Å². The Balaban J connectivity index is 2.04. The molecule has 0 bridgehead atoms. The second kappa shape index (κ2) is 5.96. The van der Waals surface area contributed by atoms with Crippen LogP contribution in [-0.2, 0) is 6.54 Å². The maximum absolute atomic E-state index is 13.6. The average molecular weight is 281 g/mol. The number of halogens is 3. The molecule has 0 heterocycles. The van der Waals surface area contributed by atoms with Crippen molar-refractivity contribution in [2.75, 3.05) is 0 Å². The Morgan fingerprint density at radius 3 is 2.40 bits per heavy atom. The van der Waals surface area contributed by atoms with Crippen molar-refractivity contribution >= 4 is 0 Å². The third kappa shape index (κ3) is 3.30. The summed E-state index contributed by atoms with van der Waals surface area (Å²) in [5.41, 5.74) is 0.959. The number of hydrogen-bond acceptors (Lipinski definition) is 2. The normalized spacial score (nSPS) is 12.4. The molecule has 2 rings (SSSR count). The molecular formula is C15H14F3NO. The fraction of sp³-hybridized carbons (Fsp3) is 0.200. The van der Waals surface area contributed by atoms with E-state index in [9.17, 15) is 13.2 Å². The standard InChI is InChI=1S/C15H14F3NO/c1-9(12-4-3-11(20)7-14(12)17)19-8-10-2-5-13(16)15(18)6-10/h2-7,9,19-20H,8H2,1H3. The predicted octanol–water partition coefficient (Wildman–Crippen LogP) is 3.66. The molecule has 0 saturated carbocycles. The highest BCUT2D eigenvalue weighted by Crippen LogP contribution is 2.21. The van der Waals surface area contributed by atoms with Crippen LogP contribution < -0.4 is 5.32 Å². The molecule has 0 radical (unpaired) electrons. The van der Waals surface area contributed by atoms with Gasteiger partial charge in [-0.25, -0.2) is 13.2 Å². The molecule has 1 atom stereocenters. The predicted molar refractivity (Wildman–Crippen MR) is 69.7 cm³/mol. The van der Waals surface area contributed by atoms with Crippen LogP contribution in [0.1, 0.15) is 24.1 Å². The quantitative estimate of drug-likeness (QED) is 0.896. The molecule has 0 fully saturated rings. The van der Waals surface area contributed by atoms with Crippen molar-refractivity contribution in [3.05, 3.63) is 65.0 Å². The van der Waals surface area contributed by atoms with Crippen LogP contribution >= 0.6 is 0 Å². The highest BCUT2D eigenvalue weighted by Gasteiger charge is 2.11. The zero-order valence-corrected chi connectivity index (χ0v) is 10.8. The van der Waals surface area contributed by atoms with Crippen molar-refractivity contribution in [3.8, 4) is 5.75 Å². The number of phenols is 1. The van der Waals surface area contributed by atoms with Gasteiger partial charge in [0.2, 0.25) is 0 Å². The van der Waals surface area contributed by atoms with Gasteiger partial charge in [-0.15, -0.1) is 0 Å². The van der Waals surface area contributed by atoms with E-state index in [1.165, 1.54) is 18.2 Å². The Hall–Kier alpha value is -2.01. The molecule has 0 aromatic heterocycles. The van der Waals surface area contributed by atoms with Crippen LogP contribution in [0.25, 0.3) is 0 Å². The van der Waals surface area contributed by atoms with Gasteiger partial charge in [0.05, 0.1) is 0 Å². The summed E-state index contributed by atoms with van der Waals surface area (Å²) in [6.45, 7) is 2.02. The third-order valence-electron chi connectivity index (χ3n) is 3.05. The summed E-state index contributed by atoms with van der Waals surface area (Å²) in [7, 11) is 0. The first-order chi connectivity index (χ1) is 9.47. The van der Waals surface area contributed by atoms with E-state index in [2.05, 4.69) is 5.32 Å². The first-order valence-electron chi connectivity index (χ1n) is 6.13. The van der Waals surface area contributed by atoms with Gasteiger partial charge in [-0.1, -0.05) is 12.1 Å². The van der Waals surface area contributed by atoms with Crippen LogP contribution in [0.4, 0.5) is 13.2 Å². The van der Waals surface area contributed by atoms with E-state index < -0.39 is 17.5 Å². The van der Waals surface area contributed by atoms with Gasteiger partial charge in [-0.2, -0.15) is 0 Å². The Morgan fingerprint density at radius 1 is 1.00 bits per heavy atom. The largest absolute Gasteiger partial charge is 0.508 e. The monoisotopic (exact) mass is 281 g/mol. The molecule has 0 amide bonds. The van der Waals surface area contributed by atoms with Crippen LogP contribution in [0.2, 0.25) is 0 Å². The maximum atomic E-state index is 13.6. The minimum absolute atomic E-state index is 0.140. The Bertz CT molecular complexity index is 616. The summed E-state index contributed by atoms with van der Waals surface area (Å²) >= 11 is 0. The lowest BCUT2D eigenvalue weighted by Crippen LogP contribution is -2.19. The van der Waals surface area contributed by atoms with E-state index in [1.807, 2.05) is 0 Å². The average Bonchev–Trinajstić information content (AvgIpc) is 2.40. The summed E-state index contributed by atoms with van der Waals surface area (Å²) in [4.78, 5) is 0. The first-order valence-corrected chi connectivity index (χ1v) is 6.13. The topological polar surface area (TPSA) is 32.3 Å². The van der Waals surface area contributed by atoms with Gasteiger partial charge >= 0.3 is 0 Å². The fourth-order valence-corrected chi connectivity index (χ4v) is 1.90. The molecular weight excluding hydrogens is 267 g/mol. The van der Waals surface area contributed by atoms with Crippen molar-refractivity contribution in [2.24, 2.45) is 0 Å². The first kappa shape index (κ1) is 14.4. The van der Waals surface area contributed by atoms with Crippen LogP contribution in [0, 0.1) is 17.5 Å². The Morgan fingerprint density at radius 2 is 1.75 bits per heavy atom. The van der Waals surface area contributed by atoms with Gasteiger partial charge in [0.1, 0.15) is 11.6 Å². The van der Waals surface area contributed by atoms with Gasteiger partial charge in [0, 0.05) is 24.2 Å². The molecule has 1 unspecified atom stereocenters. The van der Waals surface area contributed by atoms with E-state index in [-0.39, 0.29) is 18.3 Å². The second-order valence-electron chi connectivity index (χ2n) is 4.56. The smallest absolute Gasteiger partial charge is 0.159 e.